The predicted octanol–water partition coefficient (Wildman–Crippen LogP) is 5.10. The van der Waals surface area contributed by atoms with Crippen LogP contribution in [-0.4, -0.2) is 47.2 Å². The van der Waals surface area contributed by atoms with Gasteiger partial charge in [-0.15, -0.1) is 12.4 Å². The topological polar surface area (TPSA) is 95.6 Å². The number of aromatic nitrogens is 1. The lowest BCUT2D eigenvalue weighted by Gasteiger charge is -2.24. The van der Waals surface area contributed by atoms with E-state index in [-0.39, 0.29) is 34.7 Å². The summed E-state index contributed by atoms with van der Waals surface area (Å²) in [6.07, 6.45) is 1.39. The molecule has 14 heteroatoms. The van der Waals surface area contributed by atoms with Gasteiger partial charge in [0.05, 0.1) is 22.1 Å². The van der Waals surface area contributed by atoms with Gasteiger partial charge in [-0.25, -0.2) is 17.8 Å². The third-order valence-corrected chi connectivity index (χ3v) is 6.47. The van der Waals surface area contributed by atoms with Crippen molar-refractivity contribution in [2.45, 2.75) is 11.5 Å². The van der Waals surface area contributed by atoms with Crippen LogP contribution < -0.4 is 25.0 Å². The third kappa shape index (κ3) is 7.53. The van der Waals surface area contributed by atoms with Crippen molar-refractivity contribution < 1.29 is 26.3 Å². The van der Waals surface area contributed by atoms with E-state index in [9.17, 15) is 21.6 Å². The monoisotopic (exact) mass is 565 g/mol. The number of benzene rings is 2. The Hall–Kier alpha value is -2.93. The first kappa shape index (κ1) is 29.3. The maximum Gasteiger partial charge on any atom is 0.387 e. The Balaban J connectivity index is 0.00000456. The van der Waals surface area contributed by atoms with E-state index in [2.05, 4.69) is 25.1 Å². The fourth-order valence-corrected chi connectivity index (χ4v) is 4.47. The molecule has 1 aromatic heterocycles. The molecule has 0 saturated heterocycles. The molecule has 3 N–H and O–H groups in total. The van der Waals surface area contributed by atoms with Crippen LogP contribution in [0.2, 0.25) is 5.02 Å². The van der Waals surface area contributed by atoms with E-state index < -0.39 is 27.3 Å². The van der Waals surface area contributed by atoms with Crippen molar-refractivity contribution in [3.8, 4) is 5.75 Å². The molecule has 0 atom stereocenters. The van der Waals surface area contributed by atoms with Gasteiger partial charge in [-0.1, -0.05) is 17.7 Å². The standard InChI is InChI=1S/C22H23ClF3N5O3S.ClH/c1-27-9-10-31(2)19-11-14(34-22(25)26)6-7-17(19)29-18-13-16(24)20(12-15(18)23)35(32,33)30-21-5-3-4-8-28-21;/h3-8,11-13,22,27,29H,9-10H2,1-2H3,(H,28,30);1H. The van der Waals surface area contributed by atoms with E-state index in [1.807, 2.05) is 0 Å². The summed E-state index contributed by atoms with van der Waals surface area (Å²) in [6.45, 7) is -1.88. The van der Waals surface area contributed by atoms with Crippen LogP contribution in [0.15, 0.2) is 59.6 Å². The number of pyridine rings is 1. The zero-order valence-corrected chi connectivity index (χ0v) is 21.5. The van der Waals surface area contributed by atoms with Gasteiger partial charge in [0.25, 0.3) is 10.0 Å². The zero-order valence-electron chi connectivity index (χ0n) is 19.1. The van der Waals surface area contributed by atoms with Crippen molar-refractivity contribution in [1.29, 1.82) is 0 Å². The van der Waals surface area contributed by atoms with Crippen LogP contribution in [0.3, 0.4) is 0 Å². The molecular formula is C22H24Cl2F3N5O3S. The van der Waals surface area contributed by atoms with E-state index in [0.29, 0.717) is 24.5 Å². The zero-order chi connectivity index (χ0) is 25.6. The van der Waals surface area contributed by atoms with Crippen molar-refractivity contribution in [1.82, 2.24) is 10.3 Å². The largest absolute Gasteiger partial charge is 0.435 e. The van der Waals surface area contributed by atoms with Crippen molar-refractivity contribution in [3.63, 3.8) is 0 Å². The minimum absolute atomic E-state index is 0. The number of nitrogens with one attached hydrogen (secondary N) is 3. The van der Waals surface area contributed by atoms with Crippen molar-refractivity contribution in [3.05, 3.63) is 65.6 Å². The fourth-order valence-electron chi connectivity index (χ4n) is 3.10. The third-order valence-electron chi connectivity index (χ3n) is 4.79. The molecule has 0 aliphatic carbocycles. The highest BCUT2D eigenvalue weighted by Gasteiger charge is 2.23. The number of anilines is 4. The van der Waals surface area contributed by atoms with Gasteiger partial charge >= 0.3 is 6.61 Å². The second kappa shape index (κ2) is 12.9. The first-order valence-corrected chi connectivity index (χ1v) is 12.1. The lowest BCUT2D eigenvalue weighted by atomic mass is 10.2. The van der Waals surface area contributed by atoms with E-state index in [1.165, 1.54) is 30.5 Å². The minimum atomic E-state index is -4.31. The van der Waals surface area contributed by atoms with Crippen LogP contribution in [0.4, 0.5) is 36.1 Å². The van der Waals surface area contributed by atoms with Gasteiger partial charge in [0.2, 0.25) is 0 Å². The van der Waals surface area contributed by atoms with Gasteiger partial charge in [0.1, 0.15) is 22.3 Å². The molecule has 196 valence electrons. The van der Waals surface area contributed by atoms with Crippen LogP contribution in [0, 0.1) is 5.82 Å². The lowest BCUT2D eigenvalue weighted by Crippen LogP contribution is -2.27. The van der Waals surface area contributed by atoms with Gasteiger partial charge in [-0.05, 0) is 37.4 Å². The molecule has 2 aromatic carbocycles. The molecule has 0 radical (unpaired) electrons. The molecule has 36 heavy (non-hydrogen) atoms. The molecule has 1 heterocycles. The maximum atomic E-state index is 14.9. The summed E-state index contributed by atoms with van der Waals surface area (Å²) in [6, 6.07) is 10.7. The number of ether oxygens (including phenoxy) is 1. The summed E-state index contributed by atoms with van der Waals surface area (Å²) in [7, 11) is -0.798. The highest BCUT2D eigenvalue weighted by Crippen LogP contribution is 2.36. The normalized spacial score (nSPS) is 11.1. The molecular weight excluding hydrogens is 542 g/mol. The Morgan fingerprint density at radius 2 is 1.89 bits per heavy atom. The first-order chi connectivity index (χ1) is 16.6. The Bertz CT molecular complexity index is 1270. The number of halogens is 5. The number of nitrogens with zero attached hydrogens (tertiary/aromatic N) is 2. The molecule has 0 saturated carbocycles. The second-order valence-electron chi connectivity index (χ2n) is 7.29. The number of hydrogen-bond acceptors (Lipinski definition) is 7. The fraction of sp³-hybridized carbons (Fsp3) is 0.227. The summed E-state index contributed by atoms with van der Waals surface area (Å²) in [4.78, 5) is 4.98. The number of likely N-dealkylation sites (N-methyl/N-ethyl adjacent to an activating group) is 2. The van der Waals surface area contributed by atoms with E-state index in [4.69, 9.17) is 11.6 Å². The highest BCUT2D eigenvalue weighted by molar-refractivity contribution is 7.92. The van der Waals surface area contributed by atoms with Crippen molar-refractivity contribution >= 4 is 56.9 Å². The summed E-state index contributed by atoms with van der Waals surface area (Å²) >= 11 is 6.29. The molecule has 3 aromatic rings. The summed E-state index contributed by atoms with van der Waals surface area (Å²) in [5.74, 6) is -1.09. The molecule has 0 bridgehead atoms. The van der Waals surface area contributed by atoms with Crippen molar-refractivity contribution in [2.24, 2.45) is 0 Å². The smallest absolute Gasteiger partial charge is 0.387 e. The minimum Gasteiger partial charge on any atom is -0.435 e. The van der Waals surface area contributed by atoms with E-state index in [0.717, 1.165) is 12.1 Å². The number of rotatable bonds is 11. The van der Waals surface area contributed by atoms with Crippen LogP contribution in [-0.2, 0) is 10.0 Å². The second-order valence-corrected chi connectivity index (χ2v) is 9.35. The molecule has 3 rings (SSSR count). The quantitative estimate of drug-likeness (QED) is 0.298. The van der Waals surface area contributed by atoms with E-state index >= 15 is 0 Å². The Morgan fingerprint density at radius 1 is 1.14 bits per heavy atom. The van der Waals surface area contributed by atoms with Crippen LogP contribution in [0.25, 0.3) is 0 Å². The number of sulfonamides is 1. The van der Waals surface area contributed by atoms with Gasteiger partial charge in [-0.3, -0.25) is 4.72 Å². The maximum absolute atomic E-state index is 14.9. The molecule has 0 spiro atoms. The Labute approximate surface area is 218 Å². The highest BCUT2D eigenvalue weighted by atomic mass is 35.5. The van der Waals surface area contributed by atoms with Gasteiger partial charge in [0, 0.05) is 38.5 Å². The predicted molar refractivity (Wildman–Crippen MR) is 137 cm³/mol. The van der Waals surface area contributed by atoms with Gasteiger partial charge < -0.3 is 20.3 Å². The average molecular weight is 566 g/mol. The molecule has 0 amide bonds. The summed E-state index contributed by atoms with van der Waals surface area (Å²) < 4.78 is 72.3. The molecule has 0 fully saturated rings. The number of hydrogen-bond donors (Lipinski definition) is 3. The first-order valence-electron chi connectivity index (χ1n) is 10.2. The average Bonchev–Trinajstić information content (AvgIpc) is 2.80. The van der Waals surface area contributed by atoms with Gasteiger partial charge in [0.15, 0.2) is 0 Å². The number of alkyl halides is 2. The Morgan fingerprint density at radius 3 is 2.53 bits per heavy atom. The molecule has 0 aliphatic heterocycles. The molecule has 0 aliphatic rings. The van der Waals surface area contributed by atoms with Crippen LogP contribution in [0.5, 0.6) is 5.75 Å². The Kier molecular flexibility index (Phi) is 10.5. The summed E-state index contributed by atoms with van der Waals surface area (Å²) in [5, 5.41) is 5.85. The molecule has 0 unspecified atom stereocenters. The van der Waals surface area contributed by atoms with E-state index in [1.54, 1.807) is 31.1 Å². The SMILES string of the molecule is CNCCN(C)c1cc(OC(F)F)ccc1Nc1cc(F)c(S(=O)(=O)Nc2ccccn2)cc1Cl.Cl. The van der Waals surface area contributed by atoms with Crippen LogP contribution in [0.1, 0.15) is 0 Å². The van der Waals surface area contributed by atoms with Gasteiger partial charge in [-0.2, -0.15) is 8.78 Å². The molecule has 8 nitrogen and oxygen atoms in total. The lowest BCUT2D eigenvalue weighted by molar-refractivity contribution is -0.0498. The van der Waals surface area contributed by atoms with Crippen molar-refractivity contribution in [2.75, 3.05) is 42.1 Å². The summed E-state index contributed by atoms with van der Waals surface area (Å²) in [5.41, 5.74) is 0.962. The van der Waals surface area contributed by atoms with Crippen LogP contribution >= 0.6 is 24.0 Å².